The topological polar surface area (TPSA) is 40.9 Å². The fraction of sp³-hybridized carbons (Fsp3) is 0.478. The lowest BCUT2D eigenvalue weighted by molar-refractivity contribution is 0.472. The van der Waals surface area contributed by atoms with Crippen LogP contribution in [0.15, 0.2) is 69.7 Å². The molecule has 0 aromatic heterocycles. The highest BCUT2D eigenvalue weighted by atomic mass is 31.2. The number of hydrogen-bond donors (Lipinski definition) is 0. The molecule has 0 aliphatic carbocycles. The predicted molar refractivity (Wildman–Crippen MR) is 152 cm³/mol. The van der Waals surface area contributed by atoms with E-state index in [0.29, 0.717) is 0 Å². The maximum Gasteiger partial charge on any atom is 0.253 e. The predicted octanol–water partition coefficient (Wildman–Crippen LogP) is 4.90. The summed E-state index contributed by atoms with van der Waals surface area (Å²) in [6.07, 6.45) is 0. The van der Waals surface area contributed by atoms with Crippen molar-refractivity contribution in [1.29, 1.82) is 0 Å². The Labute approximate surface area is 203 Å². The Balaban J connectivity index is 3.11. The van der Waals surface area contributed by atoms with Crippen LogP contribution in [0.2, 0.25) is 0 Å². The lowest BCUT2D eigenvalue weighted by Crippen LogP contribution is -2.32. The molecule has 0 saturated carbocycles. The molecule has 184 valence electrons. The quantitative estimate of drug-likeness (QED) is 0.449. The van der Waals surface area contributed by atoms with Crippen molar-refractivity contribution in [2.24, 2.45) is 9.03 Å². The summed E-state index contributed by atoms with van der Waals surface area (Å²) in [5.41, 5.74) is 0. The molecular formula is C23H43N7P3+. The van der Waals surface area contributed by atoms with Crippen LogP contribution < -0.4 is 10.6 Å². The molecule has 0 atom stereocenters. The van der Waals surface area contributed by atoms with E-state index >= 15 is 0 Å². The minimum atomic E-state index is -2.49. The molecule has 0 bridgehead atoms. The number of hydrogen-bond acceptors (Lipinski definition) is 1. The number of rotatable bonds is 9. The van der Waals surface area contributed by atoms with Crippen LogP contribution in [0.4, 0.5) is 0 Å². The van der Waals surface area contributed by atoms with Gasteiger partial charge in [0.25, 0.3) is 7.51 Å². The molecule has 0 N–H and O–H groups in total. The maximum absolute atomic E-state index is 5.87. The molecule has 0 amide bonds. The summed E-state index contributed by atoms with van der Waals surface area (Å²) in [5.74, 6) is 0. The summed E-state index contributed by atoms with van der Waals surface area (Å²) in [6, 6.07) is 21.5. The molecule has 0 saturated heterocycles. The molecule has 0 aliphatic heterocycles. The molecule has 2 aromatic carbocycles. The van der Waals surface area contributed by atoms with Crippen LogP contribution in [0, 0.1) is 0 Å². The Morgan fingerprint density at radius 2 is 0.879 bits per heavy atom. The SMILES string of the molecule is CN(C)P(=N[P+](C)(c1ccccc1)c1ccccc1)(N=P(N(C)C)(N(C)C)N(C)C)N(C)C. The third kappa shape index (κ3) is 5.53. The molecule has 10 heteroatoms. The summed E-state index contributed by atoms with van der Waals surface area (Å²) < 4.78 is 23.0. The average Bonchev–Trinajstić information content (AvgIpc) is 2.76. The molecule has 2 rings (SSSR count). The van der Waals surface area contributed by atoms with Crippen LogP contribution in [-0.2, 0) is 0 Å². The normalized spacial score (nSPS) is 13.5. The monoisotopic (exact) mass is 510 g/mol. The van der Waals surface area contributed by atoms with Gasteiger partial charge in [-0.3, -0.25) is 14.0 Å². The summed E-state index contributed by atoms with van der Waals surface area (Å²) in [4.78, 5) is 0. The van der Waals surface area contributed by atoms with Crippen molar-refractivity contribution in [3.05, 3.63) is 60.7 Å². The molecule has 0 fully saturated rings. The number of nitrogens with zero attached hydrogens (tertiary/aromatic N) is 7. The summed E-state index contributed by atoms with van der Waals surface area (Å²) in [6.45, 7) is 2.33. The third-order valence-electron chi connectivity index (χ3n) is 5.74. The molecule has 33 heavy (non-hydrogen) atoms. The second-order valence-electron chi connectivity index (χ2n) is 9.12. The van der Waals surface area contributed by atoms with Crippen LogP contribution >= 0.6 is 22.4 Å². The Hall–Kier alpha value is -0.870. The van der Waals surface area contributed by atoms with E-state index in [1.54, 1.807) is 0 Å². The fourth-order valence-corrected chi connectivity index (χ4v) is 17.7. The van der Waals surface area contributed by atoms with Gasteiger partial charge in [0.15, 0.2) is 14.9 Å². The molecule has 7 nitrogen and oxygen atoms in total. The smallest absolute Gasteiger partial charge is 0.252 e. The van der Waals surface area contributed by atoms with Gasteiger partial charge in [-0.1, -0.05) is 40.9 Å². The van der Waals surface area contributed by atoms with Crippen molar-refractivity contribution >= 4 is 33.0 Å². The van der Waals surface area contributed by atoms with Gasteiger partial charge in [0.2, 0.25) is 0 Å². The first-order valence-corrected chi connectivity index (χ1v) is 16.4. The Morgan fingerprint density at radius 3 is 1.15 bits per heavy atom. The summed E-state index contributed by atoms with van der Waals surface area (Å²) in [5, 5.41) is 2.53. The lowest BCUT2D eigenvalue weighted by Gasteiger charge is -2.44. The highest BCUT2D eigenvalue weighted by Crippen LogP contribution is 2.73. The molecule has 2 aromatic rings. The van der Waals surface area contributed by atoms with E-state index in [-0.39, 0.29) is 0 Å². The van der Waals surface area contributed by atoms with Crippen LogP contribution in [-0.4, -0.2) is 100 Å². The zero-order chi connectivity index (χ0) is 25.0. The molecule has 0 spiro atoms. The van der Waals surface area contributed by atoms with Crippen LogP contribution in [0.5, 0.6) is 0 Å². The minimum Gasteiger partial charge on any atom is -0.252 e. The Morgan fingerprint density at radius 1 is 0.545 bits per heavy atom. The average molecular weight is 511 g/mol. The van der Waals surface area contributed by atoms with Crippen molar-refractivity contribution in [2.45, 2.75) is 0 Å². The number of benzene rings is 2. The maximum atomic E-state index is 5.87. The first-order valence-electron chi connectivity index (χ1n) is 11.0. The van der Waals surface area contributed by atoms with E-state index in [1.165, 1.54) is 10.6 Å². The van der Waals surface area contributed by atoms with Crippen molar-refractivity contribution in [1.82, 2.24) is 23.4 Å². The van der Waals surface area contributed by atoms with E-state index in [2.05, 4.69) is 161 Å². The van der Waals surface area contributed by atoms with Gasteiger partial charge in [0.1, 0.15) is 10.6 Å². The molecule has 0 unspecified atom stereocenters. The van der Waals surface area contributed by atoms with E-state index in [4.69, 9.17) is 9.03 Å². The fourth-order valence-electron chi connectivity index (χ4n) is 4.10. The van der Waals surface area contributed by atoms with Gasteiger partial charge in [-0.25, -0.2) is 9.34 Å². The van der Waals surface area contributed by atoms with Gasteiger partial charge in [-0.05, 0) is 94.7 Å². The third-order valence-corrected chi connectivity index (χ3v) is 18.0. The van der Waals surface area contributed by atoms with E-state index in [1.807, 2.05) is 0 Å². The zero-order valence-corrected chi connectivity index (χ0v) is 24.9. The van der Waals surface area contributed by atoms with Gasteiger partial charge < -0.3 is 0 Å². The largest absolute Gasteiger partial charge is 0.253 e. The highest BCUT2D eigenvalue weighted by Gasteiger charge is 2.45. The van der Waals surface area contributed by atoms with Gasteiger partial charge in [0.05, 0.1) is 6.66 Å². The van der Waals surface area contributed by atoms with Crippen molar-refractivity contribution in [3.8, 4) is 0 Å². The molecular weight excluding hydrogens is 467 g/mol. The standard InChI is InChI=1S/C23H43N7P3/c1-26(2)32(27(3)4,25-33(28(5)6,29(7)8)30(9)10)24-31(11,22-18-14-12-15-19-22)23-20-16-13-17-21-23/h12-21H,1-11H3/q+1. The van der Waals surface area contributed by atoms with Gasteiger partial charge in [-0.2, -0.15) is 4.52 Å². The second-order valence-corrected chi connectivity index (χ2v) is 19.6. The van der Waals surface area contributed by atoms with Crippen molar-refractivity contribution < 1.29 is 0 Å². The van der Waals surface area contributed by atoms with Crippen LogP contribution in [0.25, 0.3) is 0 Å². The zero-order valence-electron chi connectivity index (χ0n) is 22.2. The van der Waals surface area contributed by atoms with E-state index < -0.39 is 22.4 Å². The molecule has 0 heterocycles. The van der Waals surface area contributed by atoms with Gasteiger partial charge >= 0.3 is 0 Å². The second kappa shape index (κ2) is 11.2. The Bertz CT molecular complexity index is 923. The highest BCUT2D eigenvalue weighted by molar-refractivity contribution is 7.91. The summed E-state index contributed by atoms with van der Waals surface area (Å²) in [7, 11) is 14.4. The van der Waals surface area contributed by atoms with Crippen molar-refractivity contribution in [3.63, 3.8) is 0 Å². The van der Waals surface area contributed by atoms with Gasteiger partial charge in [0, 0.05) is 0 Å². The van der Waals surface area contributed by atoms with Crippen LogP contribution in [0.1, 0.15) is 0 Å². The lowest BCUT2D eigenvalue weighted by atomic mass is 10.4. The van der Waals surface area contributed by atoms with E-state index in [9.17, 15) is 0 Å². The first kappa shape index (κ1) is 28.4. The molecule has 0 aliphatic rings. The van der Waals surface area contributed by atoms with Gasteiger partial charge in [-0.15, -0.1) is 0 Å². The molecule has 0 radical (unpaired) electrons. The Kier molecular flexibility index (Phi) is 9.67. The van der Waals surface area contributed by atoms with Crippen LogP contribution in [0.3, 0.4) is 0 Å². The summed E-state index contributed by atoms with van der Waals surface area (Å²) >= 11 is 0. The van der Waals surface area contributed by atoms with Crippen molar-refractivity contribution in [2.75, 3.05) is 77.1 Å². The van der Waals surface area contributed by atoms with E-state index in [0.717, 1.165) is 0 Å². The first-order chi connectivity index (χ1) is 15.3. The minimum absolute atomic E-state index is 1.27.